The Morgan fingerprint density at radius 1 is 1.14 bits per heavy atom. The lowest BCUT2D eigenvalue weighted by atomic mass is 9.67. The van der Waals surface area contributed by atoms with Crippen molar-refractivity contribution in [3.05, 3.63) is 59.7 Å². The summed E-state index contributed by atoms with van der Waals surface area (Å²) >= 11 is 0. The fourth-order valence-electron chi connectivity index (χ4n) is 4.89. The van der Waals surface area contributed by atoms with Crippen molar-refractivity contribution in [3.8, 4) is 0 Å². The molecule has 0 radical (unpaired) electrons. The van der Waals surface area contributed by atoms with Crippen molar-refractivity contribution in [2.45, 2.75) is 45.3 Å². The Bertz CT molecular complexity index is 825. The third-order valence-electron chi connectivity index (χ3n) is 6.54. The molecule has 154 valence electrons. The highest BCUT2D eigenvalue weighted by atomic mass is 16.2. The number of aromatic nitrogens is 2. The molecule has 29 heavy (non-hydrogen) atoms. The van der Waals surface area contributed by atoms with Crippen LogP contribution in [0.5, 0.6) is 0 Å². The summed E-state index contributed by atoms with van der Waals surface area (Å²) in [5, 5.41) is 3.26. The lowest BCUT2D eigenvalue weighted by molar-refractivity contribution is -0.145. The van der Waals surface area contributed by atoms with Crippen molar-refractivity contribution < 1.29 is 4.79 Å². The zero-order valence-electron chi connectivity index (χ0n) is 17.5. The molecular formula is C23H31N5O. The molecule has 2 aliphatic rings. The van der Waals surface area contributed by atoms with E-state index in [-0.39, 0.29) is 17.4 Å². The summed E-state index contributed by atoms with van der Waals surface area (Å²) in [6, 6.07) is 10.4. The molecule has 2 fully saturated rings. The first-order valence-corrected chi connectivity index (χ1v) is 10.6. The minimum atomic E-state index is -0.314. The van der Waals surface area contributed by atoms with Crippen LogP contribution in [0.3, 0.4) is 0 Å². The molecule has 2 atom stereocenters. The number of likely N-dealkylation sites (tertiary alicyclic amines) is 2. The van der Waals surface area contributed by atoms with Gasteiger partial charge in [0.05, 0.1) is 5.41 Å². The van der Waals surface area contributed by atoms with Crippen LogP contribution < -0.4 is 5.32 Å². The summed E-state index contributed by atoms with van der Waals surface area (Å²) < 4.78 is 0. The molecule has 1 amide bonds. The number of hydrogen-bond acceptors (Lipinski definition) is 5. The molecule has 2 saturated heterocycles. The predicted octanol–water partition coefficient (Wildman–Crippen LogP) is 2.39. The van der Waals surface area contributed by atoms with Gasteiger partial charge < -0.3 is 10.2 Å². The van der Waals surface area contributed by atoms with Crippen molar-refractivity contribution in [1.82, 2.24) is 25.1 Å². The average Bonchev–Trinajstić information content (AvgIpc) is 2.75. The van der Waals surface area contributed by atoms with E-state index in [0.29, 0.717) is 6.54 Å². The second kappa shape index (κ2) is 8.59. The van der Waals surface area contributed by atoms with E-state index in [1.165, 1.54) is 0 Å². The van der Waals surface area contributed by atoms with Crippen LogP contribution in [0.25, 0.3) is 0 Å². The average molecular weight is 394 g/mol. The van der Waals surface area contributed by atoms with E-state index >= 15 is 0 Å². The van der Waals surface area contributed by atoms with Crippen LogP contribution in [-0.4, -0.2) is 58.4 Å². The highest BCUT2D eigenvalue weighted by Crippen LogP contribution is 2.43. The first kappa shape index (κ1) is 20.0. The van der Waals surface area contributed by atoms with Gasteiger partial charge in [0.1, 0.15) is 5.82 Å². The number of piperidine rings is 2. The van der Waals surface area contributed by atoms with Crippen LogP contribution >= 0.6 is 0 Å². The van der Waals surface area contributed by atoms with Gasteiger partial charge in [-0.2, -0.15) is 0 Å². The van der Waals surface area contributed by atoms with Crippen molar-refractivity contribution in [2.75, 3.05) is 26.7 Å². The topological polar surface area (TPSA) is 61.4 Å². The lowest BCUT2D eigenvalue weighted by Crippen LogP contribution is -2.65. The number of nitrogens with zero attached hydrogens (tertiary/aromatic N) is 4. The van der Waals surface area contributed by atoms with Gasteiger partial charge in [-0.1, -0.05) is 30.3 Å². The number of benzene rings is 1. The maximum absolute atomic E-state index is 13.5. The second-order valence-electron chi connectivity index (χ2n) is 8.57. The number of hydrogen-bond donors (Lipinski definition) is 1. The van der Waals surface area contributed by atoms with E-state index in [0.717, 1.165) is 62.4 Å². The maximum Gasteiger partial charge on any atom is 0.228 e. The van der Waals surface area contributed by atoms with E-state index in [1.807, 2.05) is 37.5 Å². The largest absolute Gasteiger partial charge is 0.351 e. The number of aryl methyl sites for hydroxylation is 1. The number of carbonyl (C=O) groups is 1. The van der Waals surface area contributed by atoms with Crippen LogP contribution in [0.2, 0.25) is 0 Å². The molecule has 6 heteroatoms. The van der Waals surface area contributed by atoms with Crippen LogP contribution in [0.15, 0.2) is 42.7 Å². The van der Waals surface area contributed by atoms with Crippen LogP contribution in [0.1, 0.15) is 36.2 Å². The molecule has 1 N–H and O–H groups in total. The van der Waals surface area contributed by atoms with E-state index in [4.69, 9.17) is 0 Å². The molecule has 2 aromatic rings. The summed E-state index contributed by atoms with van der Waals surface area (Å²) in [5.74, 6) is 1.00. The molecule has 2 aliphatic heterocycles. The highest BCUT2D eigenvalue weighted by molar-refractivity contribution is 5.84. The van der Waals surface area contributed by atoms with E-state index in [9.17, 15) is 4.79 Å². The second-order valence-corrected chi connectivity index (χ2v) is 8.57. The Kier molecular flexibility index (Phi) is 5.92. The number of likely N-dealkylation sites (N-methyl/N-ethyl adjacent to an activating group) is 1. The van der Waals surface area contributed by atoms with Gasteiger partial charge in [0.25, 0.3) is 0 Å². The van der Waals surface area contributed by atoms with Gasteiger partial charge in [0.15, 0.2) is 0 Å². The summed E-state index contributed by atoms with van der Waals surface area (Å²) in [6.07, 6.45) is 6.76. The lowest BCUT2D eigenvalue weighted by Gasteiger charge is -2.53. The van der Waals surface area contributed by atoms with Crippen molar-refractivity contribution in [1.29, 1.82) is 0 Å². The quantitative estimate of drug-likeness (QED) is 0.845. The number of rotatable bonds is 5. The Morgan fingerprint density at radius 2 is 1.90 bits per heavy atom. The molecular weight excluding hydrogens is 362 g/mol. The number of carbonyl (C=O) groups excluding carboxylic acids is 1. The van der Waals surface area contributed by atoms with Gasteiger partial charge in [0.2, 0.25) is 5.91 Å². The molecule has 0 bridgehead atoms. The first-order chi connectivity index (χ1) is 14.1. The van der Waals surface area contributed by atoms with Gasteiger partial charge >= 0.3 is 0 Å². The molecule has 1 aromatic heterocycles. The summed E-state index contributed by atoms with van der Waals surface area (Å²) in [4.78, 5) is 27.0. The molecule has 6 nitrogen and oxygen atoms in total. The Balaban J connectivity index is 1.52. The van der Waals surface area contributed by atoms with Gasteiger partial charge in [0, 0.05) is 43.6 Å². The summed E-state index contributed by atoms with van der Waals surface area (Å²) in [5.41, 5.74) is 1.95. The highest BCUT2D eigenvalue weighted by Gasteiger charge is 2.52. The molecule has 0 saturated carbocycles. The Hall–Kier alpha value is -2.31. The van der Waals surface area contributed by atoms with Crippen molar-refractivity contribution in [2.24, 2.45) is 5.41 Å². The third kappa shape index (κ3) is 4.33. The molecule has 0 aliphatic carbocycles. The van der Waals surface area contributed by atoms with Crippen LogP contribution in [0.4, 0.5) is 0 Å². The van der Waals surface area contributed by atoms with Gasteiger partial charge in [-0.15, -0.1) is 0 Å². The monoisotopic (exact) mass is 393 g/mol. The van der Waals surface area contributed by atoms with Gasteiger partial charge in [-0.05, 0) is 51.9 Å². The fraction of sp³-hybridized carbons (Fsp3) is 0.522. The van der Waals surface area contributed by atoms with Crippen LogP contribution in [-0.2, 0) is 17.9 Å². The zero-order valence-corrected chi connectivity index (χ0v) is 17.5. The van der Waals surface area contributed by atoms with Gasteiger partial charge in [-0.3, -0.25) is 9.69 Å². The molecule has 0 spiro atoms. The molecule has 1 aromatic carbocycles. The standard InChI is InChI=1S/C23H31N5O/c1-18-24-14-20(15-25-18)16-28-11-6-9-23(10-12-27(2)17-21(23)28)22(29)26-13-19-7-4-3-5-8-19/h3-5,7-8,14-15,21H,6,9-13,16-17H2,1-2H3,(H,26,29)/t21-,23+/m0/s1. The molecule has 3 heterocycles. The SMILES string of the molecule is Cc1ncc(CN2CCC[C@@]3(C(=O)NCc4ccccc4)CCN(C)C[C@H]23)cn1. The zero-order chi connectivity index (χ0) is 20.3. The van der Waals surface area contributed by atoms with Crippen molar-refractivity contribution in [3.63, 3.8) is 0 Å². The van der Waals surface area contributed by atoms with E-state index in [1.54, 1.807) is 0 Å². The Morgan fingerprint density at radius 3 is 2.66 bits per heavy atom. The van der Waals surface area contributed by atoms with Gasteiger partial charge in [-0.25, -0.2) is 9.97 Å². The van der Waals surface area contributed by atoms with E-state index in [2.05, 4.69) is 44.3 Å². The minimum absolute atomic E-state index is 0.212. The Labute approximate surface area is 173 Å². The summed E-state index contributed by atoms with van der Waals surface area (Å²) in [6.45, 7) is 6.20. The smallest absolute Gasteiger partial charge is 0.228 e. The number of nitrogens with one attached hydrogen (secondary N) is 1. The van der Waals surface area contributed by atoms with Crippen LogP contribution in [0, 0.1) is 12.3 Å². The number of amides is 1. The first-order valence-electron chi connectivity index (χ1n) is 10.6. The normalized spacial score (nSPS) is 25.4. The fourth-order valence-corrected chi connectivity index (χ4v) is 4.89. The number of fused-ring (bicyclic) bond motifs is 1. The maximum atomic E-state index is 13.5. The molecule has 0 unspecified atom stereocenters. The predicted molar refractivity (Wildman–Crippen MR) is 113 cm³/mol. The van der Waals surface area contributed by atoms with E-state index < -0.39 is 0 Å². The minimum Gasteiger partial charge on any atom is -0.351 e. The third-order valence-corrected chi connectivity index (χ3v) is 6.54. The summed E-state index contributed by atoms with van der Waals surface area (Å²) in [7, 11) is 2.16. The molecule has 4 rings (SSSR count). The van der Waals surface area contributed by atoms with Crippen molar-refractivity contribution >= 4 is 5.91 Å².